The number of carboxylic acid groups (broad SMARTS) is 1. The number of hydrogen-bond donors (Lipinski definition) is 3. The zero-order valence-electron chi connectivity index (χ0n) is 9.21. The molecule has 0 aliphatic heterocycles. The third-order valence-electron chi connectivity index (χ3n) is 2.54. The van der Waals surface area contributed by atoms with Crippen LogP contribution < -0.4 is 0 Å². The zero-order chi connectivity index (χ0) is 12.8. The molecule has 17 heavy (non-hydrogen) atoms. The molecule has 0 bridgehead atoms. The van der Waals surface area contributed by atoms with Crippen LogP contribution in [0.25, 0.3) is 0 Å². The van der Waals surface area contributed by atoms with Crippen LogP contribution in [0.5, 0.6) is 0 Å². The molecule has 4 nitrogen and oxygen atoms in total. The average molecular weight is 303 g/mol. The molecule has 0 aliphatic rings. The summed E-state index contributed by atoms with van der Waals surface area (Å²) in [7, 11) is 0. The molecule has 0 saturated carbocycles. The van der Waals surface area contributed by atoms with Gasteiger partial charge in [0, 0.05) is 4.47 Å². The number of aliphatic hydroxyl groups excluding tert-OH is 2. The van der Waals surface area contributed by atoms with Gasteiger partial charge in [0.05, 0.1) is 18.6 Å². The summed E-state index contributed by atoms with van der Waals surface area (Å²) in [5, 5.41) is 27.1. The van der Waals surface area contributed by atoms with Crippen LogP contribution in [0.3, 0.4) is 0 Å². The molecule has 2 atom stereocenters. The molecular weight excluding hydrogens is 288 g/mol. The summed E-state index contributed by atoms with van der Waals surface area (Å²) in [6, 6.07) is 7.37. The van der Waals surface area contributed by atoms with Gasteiger partial charge in [0.15, 0.2) is 0 Å². The second-order valence-corrected chi connectivity index (χ2v) is 4.76. The minimum atomic E-state index is -0.987. The smallest absolute Gasteiger partial charge is 0.306 e. The SMILES string of the molecule is O=C(O)C(Cc1ccccc1Br)CC(O)CO. The highest BCUT2D eigenvalue weighted by atomic mass is 79.9. The molecule has 1 aromatic carbocycles. The van der Waals surface area contributed by atoms with Crippen LogP contribution in [0.4, 0.5) is 0 Å². The molecular formula is C12H15BrO4. The molecule has 0 heterocycles. The minimum absolute atomic E-state index is 0.0488. The molecule has 0 fully saturated rings. The van der Waals surface area contributed by atoms with Crippen LogP contribution in [0.15, 0.2) is 28.7 Å². The fraction of sp³-hybridized carbons (Fsp3) is 0.417. The van der Waals surface area contributed by atoms with E-state index in [0.717, 1.165) is 10.0 Å². The van der Waals surface area contributed by atoms with Gasteiger partial charge in [-0.1, -0.05) is 34.1 Å². The zero-order valence-corrected chi connectivity index (χ0v) is 10.8. The summed E-state index contributed by atoms with van der Waals surface area (Å²) < 4.78 is 0.852. The lowest BCUT2D eigenvalue weighted by molar-refractivity contribution is -0.143. The number of hydrogen-bond acceptors (Lipinski definition) is 3. The van der Waals surface area contributed by atoms with Crippen molar-refractivity contribution < 1.29 is 20.1 Å². The standard InChI is InChI=1S/C12H15BrO4/c13-11-4-2-1-3-8(11)5-9(12(16)17)6-10(15)7-14/h1-4,9-10,14-15H,5-7H2,(H,16,17). The molecule has 1 aromatic rings. The van der Waals surface area contributed by atoms with Crippen LogP contribution in [0.2, 0.25) is 0 Å². The van der Waals surface area contributed by atoms with Gasteiger partial charge in [0.1, 0.15) is 0 Å². The lowest BCUT2D eigenvalue weighted by Crippen LogP contribution is -2.25. The first-order valence-corrected chi connectivity index (χ1v) is 6.09. The van der Waals surface area contributed by atoms with Crippen molar-refractivity contribution in [2.45, 2.75) is 18.9 Å². The van der Waals surface area contributed by atoms with Crippen molar-refractivity contribution in [3.05, 3.63) is 34.3 Å². The molecule has 2 unspecified atom stereocenters. The summed E-state index contributed by atoms with van der Waals surface area (Å²) in [6.45, 7) is -0.417. The fourth-order valence-electron chi connectivity index (χ4n) is 1.60. The first-order valence-electron chi connectivity index (χ1n) is 5.29. The van der Waals surface area contributed by atoms with Gasteiger partial charge in [-0.25, -0.2) is 0 Å². The van der Waals surface area contributed by atoms with Crippen LogP contribution in [-0.4, -0.2) is 34.0 Å². The number of aliphatic carboxylic acids is 1. The Bertz CT molecular complexity index is 381. The van der Waals surface area contributed by atoms with Crippen LogP contribution in [0.1, 0.15) is 12.0 Å². The highest BCUT2D eigenvalue weighted by molar-refractivity contribution is 9.10. The summed E-state index contributed by atoms with van der Waals surface area (Å²) in [5.41, 5.74) is 0.880. The van der Waals surface area contributed by atoms with E-state index in [2.05, 4.69) is 15.9 Å². The highest BCUT2D eigenvalue weighted by Gasteiger charge is 2.22. The first-order chi connectivity index (χ1) is 8.04. The second kappa shape index (κ2) is 6.74. The topological polar surface area (TPSA) is 77.8 Å². The molecule has 0 aromatic heterocycles. The predicted molar refractivity (Wildman–Crippen MR) is 66.7 cm³/mol. The number of carboxylic acids is 1. The molecule has 5 heteroatoms. The molecule has 0 saturated heterocycles. The van der Waals surface area contributed by atoms with Gasteiger partial charge < -0.3 is 15.3 Å². The van der Waals surface area contributed by atoms with Crippen molar-refractivity contribution in [2.75, 3.05) is 6.61 Å². The van der Waals surface area contributed by atoms with Gasteiger partial charge in [-0.2, -0.15) is 0 Å². The Hall–Kier alpha value is -0.910. The van der Waals surface area contributed by atoms with Gasteiger partial charge in [-0.3, -0.25) is 4.79 Å². The Labute approximate surface area is 108 Å². The molecule has 0 amide bonds. The van der Waals surface area contributed by atoms with Crippen molar-refractivity contribution >= 4 is 21.9 Å². The average Bonchev–Trinajstić information content (AvgIpc) is 2.30. The van der Waals surface area contributed by atoms with Crippen molar-refractivity contribution in [3.63, 3.8) is 0 Å². The van der Waals surface area contributed by atoms with Gasteiger partial charge >= 0.3 is 5.97 Å². The molecule has 1 rings (SSSR count). The second-order valence-electron chi connectivity index (χ2n) is 3.90. The minimum Gasteiger partial charge on any atom is -0.481 e. The summed E-state index contributed by atoms with van der Waals surface area (Å²) in [4.78, 5) is 11.1. The molecule has 0 aliphatic carbocycles. The lowest BCUT2D eigenvalue weighted by Gasteiger charge is -2.16. The van der Waals surface area contributed by atoms with E-state index < -0.39 is 24.6 Å². The van der Waals surface area contributed by atoms with E-state index in [1.54, 1.807) is 0 Å². The Morgan fingerprint density at radius 2 is 2.00 bits per heavy atom. The van der Waals surface area contributed by atoms with Gasteiger partial charge in [-0.15, -0.1) is 0 Å². The summed E-state index contributed by atoms with van der Waals surface area (Å²) in [6.07, 6.45) is -0.611. The number of aliphatic hydroxyl groups is 2. The van der Waals surface area contributed by atoms with E-state index in [9.17, 15) is 9.90 Å². The van der Waals surface area contributed by atoms with Gasteiger partial charge in [-0.05, 0) is 24.5 Å². The molecule has 0 radical (unpaired) electrons. The maximum absolute atomic E-state index is 11.1. The van der Waals surface area contributed by atoms with Gasteiger partial charge in [0.25, 0.3) is 0 Å². The Morgan fingerprint density at radius 3 is 2.53 bits per heavy atom. The van der Waals surface area contributed by atoms with E-state index in [1.807, 2.05) is 24.3 Å². The predicted octanol–water partition coefficient (Wildman–Crippen LogP) is 1.44. The van der Waals surface area contributed by atoms with E-state index in [1.165, 1.54) is 0 Å². The number of benzene rings is 1. The third-order valence-corrected chi connectivity index (χ3v) is 3.31. The number of halogens is 1. The maximum Gasteiger partial charge on any atom is 0.306 e. The largest absolute Gasteiger partial charge is 0.481 e. The normalized spacial score (nSPS) is 14.3. The molecule has 3 N–H and O–H groups in total. The van der Waals surface area contributed by atoms with E-state index in [-0.39, 0.29) is 6.42 Å². The van der Waals surface area contributed by atoms with Crippen molar-refractivity contribution in [1.82, 2.24) is 0 Å². The molecule has 0 spiro atoms. The van der Waals surface area contributed by atoms with E-state index in [0.29, 0.717) is 6.42 Å². The van der Waals surface area contributed by atoms with Crippen molar-refractivity contribution in [3.8, 4) is 0 Å². The Kier molecular flexibility index (Phi) is 5.61. The molecule has 94 valence electrons. The van der Waals surface area contributed by atoms with Crippen LogP contribution in [0, 0.1) is 5.92 Å². The van der Waals surface area contributed by atoms with Crippen LogP contribution >= 0.6 is 15.9 Å². The fourth-order valence-corrected chi connectivity index (χ4v) is 2.05. The monoisotopic (exact) mass is 302 g/mol. The maximum atomic E-state index is 11.1. The number of carbonyl (C=O) groups is 1. The number of rotatable bonds is 6. The highest BCUT2D eigenvalue weighted by Crippen LogP contribution is 2.22. The Balaban J connectivity index is 2.74. The summed E-state index contributed by atoms with van der Waals surface area (Å²) >= 11 is 3.35. The Morgan fingerprint density at radius 1 is 1.35 bits per heavy atom. The van der Waals surface area contributed by atoms with E-state index >= 15 is 0 Å². The van der Waals surface area contributed by atoms with Crippen molar-refractivity contribution in [2.24, 2.45) is 5.92 Å². The van der Waals surface area contributed by atoms with Gasteiger partial charge in [0.2, 0.25) is 0 Å². The quantitative estimate of drug-likeness (QED) is 0.743. The lowest BCUT2D eigenvalue weighted by atomic mass is 9.94. The van der Waals surface area contributed by atoms with E-state index in [4.69, 9.17) is 10.2 Å². The summed E-state index contributed by atoms with van der Waals surface area (Å²) in [5.74, 6) is -1.66. The van der Waals surface area contributed by atoms with Crippen LogP contribution in [-0.2, 0) is 11.2 Å². The first kappa shape index (κ1) is 14.2. The van der Waals surface area contributed by atoms with Crippen molar-refractivity contribution in [1.29, 1.82) is 0 Å². The third kappa shape index (κ3) is 4.46.